The van der Waals surface area contributed by atoms with Gasteiger partial charge < -0.3 is 15.0 Å². The van der Waals surface area contributed by atoms with Gasteiger partial charge in [0.15, 0.2) is 0 Å². The summed E-state index contributed by atoms with van der Waals surface area (Å²) in [7, 11) is 0. The predicted molar refractivity (Wildman–Crippen MR) is 99.0 cm³/mol. The van der Waals surface area contributed by atoms with E-state index in [4.69, 9.17) is 4.74 Å². The van der Waals surface area contributed by atoms with Gasteiger partial charge in [-0.05, 0) is 44.9 Å². The summed E-state index contributed by atoms with van der Waals surface area (Å²) < 4.78 is 5.82. The number of benzene rings is 1. The molecule has 5 heteroatoms. The van der Waals surface area contributed by atoms with Crippen LogP contribution in [-0.2, 0) is 0 Å². The van der Waals surface area contributed by atoms with Crippen LogP contribution in [-0.4, -0.2) is 35.6 Å². The van der Waals surface area contributed by atoms with Gasteiger partial charge in [-0.15, -0.1) is 0 Å². The van der Waals surface area contributed by atoms with Crippen molar-refractivity contribution in [3.8, 4) is 5.88 Å². The van der Waals surface area contributed by atoms with Crippen molar-refractivity contribution in [2.24, 2.45) is 5.92 Å². The molecule has 0 radical (unpaired) electrons. The molecule has 132 valence electrons. The second kappa shape index (κ2) is 8.01. The molecule has 1 N–H and O–H groups in total. The van der Waals surface area contributed by atoms with Gasteiger partial charge in [0.05, 0.1) is 6.61 Å². The first-order valence-corrected chi connectivity index (χ1v) is 8.79. The molecule has 25 heavy (non-hydrogen) atoms. The van der Waals surface area contributed by atoms with Gasteiger partial charge in [-0.25, -0.2) is 9.78 Å². The Balaban J connectivity index is 1.51. The summed E-state index contributed by atoms with van der Waals surface area (Å²) in [6, 6.07) is 13.6. The molecule has 1 aliphatic heterocycles. The first kappa shape index (κ1) is 17.3. The van der Waals surface area contributed by atoms with Crippen molar-refractivity contribution in [2.75, 3.05) is 25.0 Å². The Labute approximate surface area is 149 Å². The molecule has 2 amide bonds. The number of hydrogen-bond donors (Lipinski definition) is 1. The Morgan fingerprint density at radius 2 is 2.04 bits per heavy atom. The normalized spacial score (nSPS) is 17.2. The molecule has 2 aromatic rings. The van der Waals surface area contributed by atoms with Crippen LogP contribution in [0.1, 0.15) is 24.1 Å². The fourth-order valence-electron chi connectivity index (χ4n) is 3.03. The number of carbonyl (C=O) groups is 1. The van der Waals surface area contributed by atoms with Crippen LogP contribution < -0.4 is 10.1 Å². The third kappa shape index (κ3) is 4.95. The first-order valence-electron chi connectivity index (χ1n) is 8.79. The van der Waals surface area contributed by atoms with Gasteiger partial charge in [-0.1, -0.05) is 23.8 Å². The maximum absolute atomic E-state index is 12.5. The Morgan fingerprint density at radius 3 is 2.80 bits per heavy atom. The Hall–Kier alpha value is -2.56. The van der Waals surface area contributed by atoms with E-state index < -0.39 is 0 Å². The largest absolute Gasteiger partial charge is 0.477 e. The van der Waals surface area contributed by atoms with Gasteiger partial charge in [-0.2, -0.15) is 0 Å². The maximum Gasteiger partial charge on any atom is 0.321 e. The van der Waals surface area contributed by atoms with E-state index in [-0.39, 0.29) is 6.03 Å². The number of anilines is 1. The molecule has 0 saturated carbocycles. The summed E-state index contributed by atoms with van der Waals surface area (Å²) in [6.07, 6.45) is 2.07. The number of urea groups is 1. The minimum atomic E-state index is -0.0396. The molecule has 0 spiro atoms. The second-order valence-electron chi connectivity index (χ2n) is 6.68. The molecule has 3 rings (SSSR count). The first-order chi connectivity index (χ1) is 12.1. The van der Waals surface area contributed by atoms with Crippen LogP contribution in [0, 0.1) is 19.8 Å². The molecular weight excluding hydrogens is 314 g/mol. The number of aromatic nitrogens is 1. The van der Waals surface area contributed by atoms with Crippen LogP contribution in [0.15, 0.2) is 42.5 Å². The van der Waals surface area contributed by atoms with Gasteiger partial charge in [0, 0.05) is 36.5 Å². The molecule has 5 nitrogen and oxygen atoms in total. The molecule has 1 aromatic heterocycles. The van der Waals surface area contributed by atoms with Crippen LogP contribution in [0.5, 0.6) is 5.88 Å². The van der Waals surface area contributed by atoms with Gasteiger partial charge in [-0.3, -0.25) is 0 Å². The highest BCUT2D eigenvalue weighted by molar-refractivity contribution is 5.89. The standard InChI is InChI=1S/C20H25N3O2/c1-15-8-10-18(11-9-15)22-20(24)23-12-4-6-17(13-23)14-25-19-7-3-5-16(2)21-19/h3,5,7-11,17H,4,6,12-14H2,1-2H3,(H,22,24). The number of amides is 2. The van der Waals surface area contributed by atoms with Gasteiger partial charge in [0.25, 0.3) is 0 Å². The van der Waals surface area contributed by atoms with Crippen molar-refractivity contribution >= 4 is 11.7 Å². The summed E-state index contributed by atoms with van der Waals surface area (Å²) in [5.74, 6) is 0.987. The third-order valence-electron chi connectivity index (χ3n) is 4.44. The van der Waals surface area contributed by atoms with E-state index in [0.29, 0.717) is 24.9 Å². The lowest BCUT2D eigenvalue weighted by molar-refractivity contribution is 0.143. The molecule has 1 saturated heterocycles. The van der Waals surface area contributed by atoms with E-state index in [1.807, 2.05) is 61.2 Å². The van der Waals surface area contributed by atoms with Crippen molar-refractivity contribution < 1.29 is 9.53 Å². The van der Waals surface area contributed by atoms with E-state index in [1.54, 1.807) is 0 Å². The molecule has 1 fully saturated rings. The predicted octanol–water partition coefficient (Wildman–Crippen LogP) is 4.02. The average Bonchev–Trinajstić information content (AvgIpc) is 2.62. The Bertz CT molecular complexity index is 715. The third-order valence-corrected chi connectivity index (χ3v) is 4.44. The van der Waals surface area contributed by atoms with Crippen molar-refractivity contribution in [3.05, 3.63) is 53.7 Å². The molecule has 0 aliphatic carbocycles. The van der Waals surface area contributed by atoms with Crippen LogP contribution >= 0.6 is 0 Å². The average molecular weight is 339 g/mol. The lowest BCUT2D eigenvalue weighted by Gasteiger charge is -2.32. The fraction of sp³-hybridized carbons (Fsp3) is 0.400. The quantitative estimate of drug-likeness (QED) is 0.915. The second-order valence-corrected chi connectivity index (χ2v) is 6.68. The zero-order chi connectivity index (χ0) is 17.6. The number of piperidine rings is 1. The number of nitrogens with zero attached hydrogens (tertiary/aromatic N) is 2. The monoisotopic (exact) mass is 339 g/mol. The maximum atomic E-state index is 12.5. The molecule has 0 bridgehead atoms. The van der Waals surface area contributed by atoms with Crippen LogP contribution in [0.25, 0.3) is 0 Å². The SMILES string of the molecule is Cc1ccc(NC(=O)N2CCCC(COc3cccc(C)n3)C2)cc1. The minimum absolute atomic E-state index is 0.0396. The fourth-order valence-corrected chi connectivity index (χ4v) is 3.03. The van der Waals surface area contributed by atoms with E-state index in [0.717, 1.165) is 30.8 Å². The van der Waals surface area contributed by atoms with E-state index in [2.05, 4.69) is 10.3 Å². The van der Waals surface area contributed by atoms with Crippen LogP contribution in [0.4, 0.5) is 10.5 Å². The molecule has 1 aliphatic rings. The number of carbonyl (C=O) groups excluding carboxylic acids is 1. The summed E-state index contributed by atoms with van der Waals surface area (Å²) in [6.45, 7) is 6.07. The number of nitrogens with one attached hydrogen (secondary N) is 1. The van der Waals surface area contributed by atoms with Crippen LogP contribution in [0.2, 0.25) is 0 Å². The van der Waals surface area contributed by atoms with E-state index in [1.165, 1.54) is 5.56 Å². The van der Waals surface area contributed by atoms with E-state index in [9.17, 15) is 4.79 Å². The Morgan fingerprint density at radius 1 is 1.24 bits per heavy atom. The highest BCUT2D eigenvalue weighted by Gasteiger charge is 2.24. The van der Waals surface area contributed by atoms with Gasteiger partial charge >= 0.3 is 6.03 Å². The number of hydrogen-bond acceptors (Lipinski definition) is 3. The highest BCUT2D eigenvalue weighted by Crippen LogP contribution is 2.19. The molecule has 1 unspecified atom stereocenters. The van der Waals surface area contributed by atoms with Crippen molar-refractivity contribution in [1.82, 2.24) is 9.88 Å². The van der Waals surface area contributed by atoms with E-state index >= 15 is 0 Å². The number of likely N-dealkylation sites (tertiary alicyclic amines) is 1. The summed E-state index contributed by atoms with van der Waals surface area (Å²) in [4.78, 5) is 18.7. The lowest BCUT2D eigenvalue weighted by atomic mass is 9.99. The molecular formula is C20H25N3O2. The zero-order valence-corrected chi connectivity index (χ0v) is 14.9. The lowest BCUT2D eigenvalue weighted by Crippen LogP contribution is -2.43. The van der Waals surface area contributed by atoms with Crippen molar-refractivity contribution in [3.63, 3.8) is 0 Å². The van der Waals surface area contributed by atoms with Crippen molar-refractivity contribution in [2.45, 2.75) is 26.7 Å². The smallest absolute Gasteiger partial charge is 0.321 e. The van der Waals surface area contributed by atoms with Crippen molar-refractivity contribution in [1.29, 1.82) is 0 Å². The minimum Gasteiger partial charge on any atom is -0.477 e. The van der Waals surface area contributed by atoms with Gasteiger partial charge in [0.1, 0.15) is 0 Å². The summed E-state index contributed by atoms with van der Waals surface area (Å²) >= 11 is 0. The molecule has 1 atom stereocenters. The topological polar surface area (TPSA) is 54.5 Å². The number of aryl methyl sites for hydroxylation is 2. The molecule has 1 aromatic carbocycles. The van der Waals surface area contributed by atoms with Crippen LogP contribution in [0.3, 0.4) is 0 Å². The van der Waals surface area contributed by atoms with Gasteiger partial charge in [0.2, 0.25) is 5.88 Å². The Kier molecular flexibility index (Phi) is 5.53. The zero-order valence-electron chi connectivity index (χ0n) is 14.9. The number of pyridine rings is 1. The highest BCUT2D eigenvalue weighted by atomic mass is 16.5. The number of ether oxygens (including phenoxy) is 1. The summed E-state index contributed by atoms with van der Waals surface area (Å²) in [5, 5.41) is 2.97. The number of rotatable bonds is 4. The molecule has 2 heterocycles. The summed E-state index contributed by atoms with van der Waals surface area (Å²) in [5.41, 5.74) is 2.95.